The minimum Gasteiger partial charge on any atom is -0.447 e. The summed E-state index contributed by atoms with van der Waals surface area (Å²) in [5, 5.41) is 12.1. The number of ether oxygens (including phenoxy) is 1. The van der Waals surface area contributed by atoms with Crippen LogP contribution in [0.4, 0.5) is 16.2 Å². The predicted molar refractivity (Wildman–Crippen MR) is 79.3 cm³/mol. The van der Waals surface area contributed by atoms with Gasteiger partial charge in [-0.25, -0.2) is 4.79 Å². The molecule has 0 atom stereocenters. The van der Waals surface area contributed by atoms with Crippen LogP contribution in [0.15, 0.2) is 18.2 Å². The number of aryl methyl sites for hydroxylation is 1. The van der Waals surface area contributed by atoms with E-state index in [0.29, 0.717) is 13.2 Å². The standard InChI is InChI=1S/C15H22N2O3/c1-12-5-6-13(16-7-3-2-4-9-18)11-14(12)17-8-10-20-15(17)19/h5-6,11,16,18H,2-4,7-10H2,1H3. The van der Waals surface area contributed by atoms with Gasteiger partial charge in [0.05, 0.1) is 12.2 Å². The largest absolute Gasteiger partial charge is 0.447 e. The number of cyclic esters (lactones) is 1. The number of benzene rings is 1. The maximum Gasteiger partial charge on any atom is 0.414 e. The van der Waals surface area contributed by atoms with E-state index < -0.39 is 0 Å². The van der Waals surface area contributed by atoms with Crippen LogP contribution in [0.2, 0.25) is 0 Å². The summed E-state index contributed by atoms with van der Waals surface area (Å²) in [5.41, 5.74) is 2.98. The van der Waals surface area contributed by atoms with E-state index in [1.165, 1.54) is 0 Å². The van der Waals surface area contributed by atoms with E-state index in [9.17, 15) is 4.79 Å². The van der Waals surface area contributed by atoms with Gasteiger partial charge in [-0.3, -0.25) is 4.90 Å². The quantitative estimate of drug-likeness (QED) is 0.752. The number of aliphatic hydroxyl groups excluding tert-OH is 1. The maximum atomic E-state index is 11.6. The van der Waals surface area contributed by atoms with Gasteiger partial charge in [0.25, 0.3) is 0 Å². The SMILES string of the molecule is Cc1ccc(NCCCCCO)cc1N1CCOC1=O. The van der Waals surface area contributed by atoms with Gasteiger partial charge in [-0.1, -0.05) is 6.07 Å². The molecule has 20 heavy (non-hydrogen) atoms. The van der Waals surface area contributed by atoms with Gasteiger partial charge in [0.15, 0.2) is 0 Å². The molecular weight excluding hydrogens is 256 g/mol. The van der Waals surface area contributed by atoms with Gasteiger partial charge in [0.2, 0.25) is 0 Å². The normalized spacial score (nSPS) is 14.5. The molecule has 1 saturated heterocycles. The zero-order chi connectivity index (χ0) is 14.4. The molecule has 0 aromatic heterocycles. The summed E-state index contributed by atoms with van der Waals surface area (Å²) in [5.74, 6) is 0. The molecule has 5 heteroatoms. The molecule has 110 valence electrons. The Hall–Kier alpha value is -1.75. The smallest absolute Gasteiger partial charge is 0.414 e. The first-order valence-corrected chi connectivity index (χ1v) is 7.12. The summed E-state index contributed by atoms with van der Waals surface area (Å²) in [6.45, 7) is 4.18. The minimum absolute atomic E-state index is 0.256. The molecule has 0 aliphatic carbocycles. The molecule has 0 saturated carbocycles. The van der Waals surface area contributed by atoms with Crippen LogP contribution in [-0.4, -0.2) is 37.5 Å². The average molecular weight is 278 g/mol. The molecule has 1 aromatic rings. The van der Waals surface area contributed by atoms with Crippen molar-refractivity contribution in [3.63, 3.8) is 0 Å². The van der Waals surface area contributed by atoms with E-state index in [-0.39, 0.29) is 12.7 Å². The van der Waals surface area contributed by atoms with Gasteiger partial charge in [0, 0.05) is 18.8 Å². The van der Waals surface area contributed by atoms with Crippen LogP contribution in [-0.2, 0) is 4.74 Å². The molecule has 2 rings (SSSR count). The average Bonchev–Trinajstić information content (AvgIpc) is 2.86. The maximum absolute atomic E-state index is 11.6. The number of carbonyl (C=O) groups is 1. The van der Waals surface area contributed by atoms with Gasteiger partial charge < -0.3 is 15.2 Å². The number of hydrogen-bond acceptors (Lipinski definition) is 4. The van der Waals surface area contributed by atoms with Crippen molar-refractivity contribution in [2.24, 2.45) is 0 Å². The molecule has 0 radical (unpaired) electrons. The molecule has 1 aliphatic rings. The van der Waals surface area contributed by atoms with Gasteiger partial charge in [-0.15, -0.1) is 0 Å². The van der Waals surface area contributed by atoms with Crippen molar-refractivity contribution in [2.45, 2.75) is 26.2 Å². The Morgan fingerprint density at radius 1 is 1.35 bits per heavy atom. The van der Waals surface area contributed by atoms with E-state index in [2.05, 4.69) is 5.32 Å². The van der Waals surface area contributed by atoms with Gasteiger partial charge >= 0.3 is 6.09 Å². The first-order chi connectivity index (χ1) is 9.72. The number of nitrogens with one attached hydrogen (secondary N) is 1. The zero-order valence-corrected chi connectivity index (χ0v) is 11.9. The van der Waals surface area contributed by atoms with Crippen LogP contribution in [0.3, 0.4) is 0 Å². The van der Waals surface area contributed by atoms with E-state index in [4.69, 9.17) is 9.84 Å². The van der Waals surface area contributed by atoms with E-state index in [0.717, 1.165) is 42.7 Å². The summed E-state index contributed by atoms with van der Waals surface area (Å²) in [7, 11) is 0. The van der Waals surface area contributed by atoms with E-state index >= 15 is 0 Å². The Bertz CT molecular complexity index is 462. The number of anilines is 2. The molecule has 1 fully saturated rings. The number of carbonyl (C=O) groups excluding carboxylic acids is 1. The highest BCUT2D eigenvalue weighted by Crippen LogP contribution is 2.26. The van der Waals surface area contributed by atoms with Crippen molar-refractivity contribution in [1.82, 2.24) is 0 Å². The Balaban J connectivity index is 1.96. The first-order valence-electron chi connectivity index (χ1n) is 7.12. The lowest BCUT2D eigenvalue weighted by molar-refractivity contribution is 0.181. The summed E-state index contributed by atoms with van der Waals surface area (Å²) in [6, 6.07) is 6.03. The van der Waals surface area contributed by atoms with E-state index in [1.807, 2.05) is 25.1 Å². The van der Waals surface area contributed by atoms with Crippen LogP contribution >= 0.6 is 0 Å². The molecule has 1 amide bonds. The highest BCUT2D eigenvalue weighted by atomic mass is 16.6. The molecule has 0 bridgehead atoms. The molecule has 1 heterocycles. The fourth-order valence-corrected chi connectivity index (χ4v) is 2.27. The van der Waals surface area contributed by atoms with Gasteiger partial charge in [0.1, 0.15) is 6.61 Å². The lowest BCUT2D eigenvalue weighted by Gasteiger charge is -2.17. The van der Waals surface area contributed by atoms with Crippen molar-refractivity contribution in [2.75, 3.05) is 36.5 Å². The fraction of sp³-hybridized carbons (Fsp3) is 0.533. The van der Waals surface area contributed by atoms with Crippen LogP contribution in [0.25, 0.3) is 0 Å². The summed E-state index contributed by atoms with van der Waals surface area (Å²) < 4.78 is 4.98. The molecule has 1 aromatic carbocycles. The van der Waals surface area contributed by atoms with Crippen LogP contribution in [0.1, 0.15) is 24.8 Å². The molecular formula is C15H22N2O3. The third-order valence-corrected chi connectivity index (χ3v) is 3.42. The molecule has 0 unspecified atom stereocenters. The third-order valence-electron chi connectivity index (χ3n) is 3.42. The first kappa shape index (κ1) is 14.7. The molecule has 2 N–H and O–H groups in total. The minimum atomic E-state index is -0.270. The lowest BCUT2D eigenvalue weighted by atomic mass is 10.1. The van der Waals surface area contributed by atoms with Crippen LogP contribution in [0, 0.1) is 6.92 Å². The summed E-state index contributed by atoms with van der Waals surface area (Å²) in [6.07, 6.45) is 2.62. The zero-order valence-electron chi connectivity index (χ0n) is 11.9. The second-order valence-electron chi connectivity index (χ2n) is 4.98. The van der Waals surface area contributed by atoms with Crippen molar-refractivity contribution in [3.05, 3.63) is 23.8 Å². The van der Waals surface area contributed by atoms with Crippen LogP contribution in [0.5, 0.6) is 0 Å². The van der Waals surface area contributed by atoms with E-state index in [1.54, 1.807) is 4.90 Å². The molecule has 5 nitrogen and oxygen atoms in total. The number of aliphatic hydroxyl groups is 1. The molecule has 1 aliphatic heterocycles. The predicted octanol–water partition coefficient (Wildman–Crippen LogP) is 2.53. The monoisotopic (exact) mass is 278 g/mol. The lowest BCUT2D eigenvalue weighted by Crippen LogP contribution is -2.24. The number of hydrogen-bond donors (Lipinski definition) is 2. The fourth-order valence-electron chi connectivity index (χ4n) is 2.27. The number of nitrogens with zero attached hydrogens (tertiary/aromatic N) is 1. The Labute approximate surface area is 119 Å². The Morgan fingerprint density at radius 2 is 2.20 bits per heavy atom. The highest BCUT2D eigenvalue weighted by molar-refractivity contribution is 5.91. The second kappa shape index (κ2) is 7.14. The summed E-state index contributed by atoms with van der Waals surface area (Å²) in [4.78, 5) is 13.3. The van der Waals surface area contributed by atoms with Crippen molar-refractivity contribution >= 4 is 17.5 Å². The number of rotatable bonds is 7. The van der Waals surface area contributed by atoms with Crippen molar-refractivity contribution in [1.29, 1.82) is 0 Å². The van der Waals surface area contributed by atoms with Crippen molar-refractivity contribution in [3.8, 4) is 0 Å². The van der Waals surface area contributed by atoms with Crippen molar-refractivity contribution < 1.29 is 14.6 Å². The summed E-state index contributed by atoms with van der Waals surface area (Å²) >= 11 is 0. The number of amides is 1. The topological polar surface area (TPSA) is 61.8 Å². The molecule has 0 spiro atoms. The van der Waals surface area contributed by atoms with Gasteiger partial charge in [-0.2, -0.15) is 0 Å². The second-order valence-corrected chi connectivity index (χ2v) is 4.98. The van der Waals surface area contributed by atoms with Crippen LogP contribution < -0.4 is 10.2 Å². The highest BCUT2D eigenvalue weighted by Gasteiger charge is 2.24. The number of unbranched alkanes of at least 4 members (excludes halogenated alkanes) is 2. The Kier molecular flexibility index (Phi) is 5.24. The third kappa shape index (κ3) is 3.63. The Morgan fingerprint density at radius 3 is 2.90 bits per heavy atom. The van der Waals surface area contributed by atoms with Gasteiger partial charge in [-0.05, 0) is 43.9 Å².